The largest absolute Gasteiger partial charge is 0.406 e. The van der Waals surface area contributed by atoms with E-state index in [1.54, 1.807) is 0 Å². The number of hydrogen-bond acceptors (Lipinski definition) is 3. The summed E-state index contributed by atoms with van der Waals surface area (Å²) in [6.45, 7) is 9.03. The third-order valence-corrected chi connectivity index (χ3v) is 13.7. The van der Waals surface area contributed by atoms with Crippen molar-refractivity contribution >= 4 is 45.4 Å². The second kappa shape index (κ2) is 11.9. The van der Waals surface area contributed by atoms with E-state index in [0.29, 0.717) is 12.4 Å². The summed E-state index contributed by atoms with van der Waals surface area (Å²) < 4.78 is 19.7. The van der Waals surface area contributed by atoms with E-state index in [2.05, 4.69) is 85.2 Å². The van der Waals surface area contributed by atoms with Gasteiger partial charge in [0.2, 0.25) is 0 Å². The van der Waals surface area contributed by atoms with Gasteiger partial charge in [-0.1, -0.05) is 122 Å². The van der Waals surface area contributed by atoms with Crippen LogP contribution in [-0.2, 0) is 15.2 Å². The lowest BCUT2D eigenvalue weighted by atomic mass is 10.0. The van der Waals surface area contributed by atoms with E-state index < -0.39 is 25.2 Å². The van der Waals surface area contributed by atoms with E-state index in [1.807, 2.05) is 49.4 Å². The molecule has 0 aromatic heterocycles. The summed E-state index contributed by atoms with van der Waals surface area (Å²) in [6.07, 6.45) is -0.689. The molecule has 0 saturated carbocycles. The quantitative estimate of drug-likeness (QED) is 0.277. The summed E-state index contributed by atoms with van der Waals surface area (Å²) in [7, 11) is -3.84. The minimum atomic E-state index is -2.68. The Morgan fingerprint density at radius 1 is 0.882 bits per heavy atom. The molecule has 0 fully saturated rings. The van der Waals surface area contributed by atoms with Gasteiger partial charge < -0.3 is 9.53 Å². The third-order valence-electron chi connectivity index (χ3n) is 6.25. The Bertz CT molecular complexity index is 1000. The maximum absolute atomic E-state index is 12.8. The molecule has 0 radical (unpaired) electrons. The highest BCUT2D eigenvalue weighted by Gasteiger charge is 2.50. The van der Waals surface area contributed by atoms with Crippen LogP contribution < -0.4 is 10.4 Å². The summed E-state index contributed by atoms with van der Waals surface area (Å²) in [5.74, 6) is 0.236. The summed E-state index contributed by atoms with van der Waals surface area (Å²) >= 11 is 3.70. The topological polar surface area (TPSA) is 46.5 Å². The van der Waals surface area contributed by atoms with E-state index in [1.165, 1.54) is 10.4 Å². The van der Waals surface area contributed by atoms with Crippen LogP contribution in [0.2, 0.25) is 5.04 Å². The number of benzene rings is 3. The molecule has 0 bridgehead atoms. The van der Waals surface area contributed by atoms with Gasteiger partial charge in [-0.2, -0.15) is 0 Å². The molecule has 0 aliphatic rings. The normalized spacial score (nSPS) is 15.9. The fraction of sp³-hybridized carbons (Fsp3) is 0.357. The summed E-state index contributed by atoms with van der Waals surface area (Å²) in [6, 6.07) is 30.4. The number of aliphatic hydroxyl groups excluding tert-OH is 1. The van der Waals surface area contributed by atoms with E-state index >= 15 is 0 Å². The molecule has 182 valence electrons. The highest BCUT2D eigenvalue weighted by molar-refractivity contribution is 9.09. The van der Waals surface area contributed by atoms with Crippen LogP contribution in [0.5, 0.6) is 0 Å². The minimum Gasteiger partial charge on any atom is -0.406 e. The molecule has 1 unspecified atom stereocenters. The lowest BCUT2D eigenvalue weighted by Crippen LogP contribution is -2.67. The molecule has 0 aliphatic carbocycles. The first-order valence-corrected chi connectivity index (χ1v) is 15.8. The number of rotatable bonds is 10. The maximum atomic E-state index is 12.8. The van der Waals surface area contributed by atoms with Gasteiger partial charge in [0.1, 0.15) is 0 Å². The molecule has 3 rings (SSSR count). The van der Waals surface area contributed by atoms with Crippen molar-refractivity contribution in [1.82, 2.24) is 0 Å². The second-order valence-corrected chi connectivity index (χ2v) is 16.8. The number of hydrogen-bond donors (Lipinski definition) is 1. The van der Waals surface area contributed by atoms with Gasteiger partial charge in [0.15, 0.2) is 0 Å². The highest BCUT2D eigenvalue weighted by Crippen LogP contribution is 2.37. The summed E-state index contributed by atoms with van der Waals surface area (Å²) in [5.41, 5.74) is 0. The third kappa shape index (κ3) is 6.16. The van der Waals surface area contributed by atoms with Crippen LogP contribution >= 0.6 is 15.9 Å². The Balaban J connectivity index is 1.81. The van der Waals surface area contributed by atoms with Gasteiger partial charge in [0, 0.05) is 17.3 Å². The van der Waals surface area contributed by atoms with Crippen LogP contribution in [0.1, 0.15) is 27.7 Å². The van der Waals surface area contributed by atoms with Crippen LogP contribution in [0.4, 0.5) is 0 Å². The number of aliphatic hydroxyl groups is 1. The van der Waals surface area contributed by atoms with Crippen molar-refractivity contribution in [3.8, 4) is 0 Å². The van der Waals surface area contributed by atoms with Crippen LogP contribution in [0.15, 0.2) is 95.9 Å². The molecule has 3 aromatic carbocycles. The lowest BCUT2D eigenvalue weighted by Gasteiger charge is -2.43. The summed E-state index contributed by atoms with van der Waals surface area (Å²) in [4.78, 5) is 0.508. The van der Waals surface area contributed by atoms with Gasteiger partial charge in [-0.25, -0.2) is 0 Å². The predicted octanol–water partition coefficient (Wildman–Crippen LogP) is 5.13. The average Bonchev–Trinajstić information content (AvgIpc) is 2.84. The van der Waals surface area contributed by atoms with Crippen LogP contribution in [0.3, 0.4) is 0 Å². The van der Waals surface area contributed by atoms with Gasteiger partial charge in [-0.05, 0) is 33.5 Å². The zero-order valence-electron chi connectivity index (χ0n) is 20.4. The molecule has 4 atom stereocenters. The molecule has 0 spiro atoms. The smallest absolute Gasteiger partial charge is 0.261 e. The molecule has 1 N–H and O–H groups in total. The zero-order valence-corrected chi connectivity index (χ0v) is 23.8. The van der Waals surface area contributed by atoms with Gasteiger partial charge in [0.25, 0.3) is 8.32 Å². The molecule has 0 amide bonds. The Morgan fingerprint density at radius 2 is 1.32 bits per heavy atom. The van der Waals surface area contributed by atoms with E-state index in [9.17, 15) is 9.32 Å². The SMILES string of the molecule is C[C@H](CS(=O)c1ccccc1)[C@@H](O)[C@H](Br)CO[Si](c1ccccc1)(c1ccccc1)C(C)(C)C. The standard InChI is InChI=1S/C28H35BrO3SSi/c1-22(21-33(31)23-14-8-5-9-15-23)27(30)26(29)20-32-34(28(2,3)4,24-16-10-6-11-17-24)25-18-12-7-13-19-25/h5-19,22,26-27,30H,20-21H2,1-4H3/t22-,26-,27-,33?/m1/s1. The maximum Gasteiger partial charge on any atom is 0.261 e. The van der Waals surface area contributed by atoms with Crippen LogP contribution in [0.25, 0.3) is 0 Å². The first kappa shape index (κ1) is 27.0. The van der Waals surface area contributed by atoms with Crippen molar-refractivity contribution in [1.29, 1.82) is 0 Å². The molecule has 0 heterocycles. The van der Waals surface area contributed by atoms with Gasteiger partial charge in [-0.3, -0.25) is 4.21 Å². The molecule has 3 nitrogen and oxygen atoms in total. The fourth-order valence-corrected chi connectivity index (χ4v) is 11.2. The zero-order chi connectivity index (χ0) is 24.8. The second-order valence-electron chi connectivity index (χ2n) is 9.78. The van der Waals surface area contributed by atoms with Crippen molar-refractivity contribution in [3.63, 3.8) is 0 Å². The van der Waals surface area contributed by atoms with Crippen LogP contribution in [0, 0.1) is 5.92 Å². The lowest BCUT2D eigenvalue weighted by molar-refractivity contribution is 0.106. The van der Waals surface area contributed by atoms with E-state index in [0.717, 1.165) is 4.90 Å². The number of halogens is 1. The van der Waals surface area contributed by atoms with Gasteiger partial charge in [0.05, 0.1) is 21.7 Å². The first-order chi connectivity index (χ1) is 16.2. The molecular formula is C28H35BrO3SSi. The monoisotopic (exact) mass is 558 g/mol. The van der Waals surface area contributed by atoms with Crippen LogP contribution in [-0.4, -0.2) is 40.9 Å². The van der Waals surface area contributed by atoms with Gasteiger partial charge >= 0.3 is 0 Å². The molecule has 34 heavy (non-hydrogen) atoms. The van der Waals surface area contributed by atoms with Crippen molar-refractivity contribution in [3.05, 3.63) is 91.0 Å². The predicted molar refractivity (Wildman–Crippen MR) is 149 cm³/mol. The Kier molecular flexibility index (Phi) is 9.47. The van der Waals surface area contributed by atoms with E-state index in [-0.39, 0.29) is 15.8 Å². The summed E-state index contributed by atoms with van der Waals surface area (Å²) in [5, 5.41) is 13.4. The molecule has 6 heteroatoms. The molecular weight excluding hydrogens is 524 g/mol. The highest BCUT2D eigenvalue weighted by atomic mass is 79.9. The van der Waals surface area contributed by atoms with Crippen molar-refractivity contribution in [2.45, 2.75) is 48.6 Å². The number of alkyl halides is 1. The molecule has 0 saturated heterocycles. The Hall–Kier alpha value is -1.57. The van der Waals surface area contributed by atoms with Crippen molar-refractivity contribution < 1.29 is 13.7 Å². The van der Waals surface area contributed by atoms with E-state index in [4.69, 9.17) is 4.43 Å². The Labute approximate surface area is 216 Å². The molecule has 0 aliphatic heterocycles. The minimum absolute atomic E-state index is 0.131. The van der Waals surface area contributed by atoms with Gasteiger partial charge in [-0.15, -0.1) is 0 Å². The average molecular weight is 560 g/mol. The molecule has 3 aromatic rings. The van der Waals surface area contributed by atoms with Crippen molar-refractivity contribution in [2.75, 3.05) is 12.4 Å². The fourth-order valence-electron chi connectivity index (χ4n) is 4.43. The first-order valence-electron chi connectivity index (χ1n) is 11.7. The van der Waals surface area contributed by atoms with Crippen molar-refractivity contribution in [2.24, 2.45) is 5.92 Å². The Morgan fingerprint density at radius 3 is 1.76 bits per heavy atom.